The molecular weight excluding hydrogens is 436 g/mol. The number of aromatic nitrogens is 3. The first kappa shape index (κ1) is 21.5. The maximum atomic E-state index is 11.7. The van der Waals surface area contributed by atoms with Gasteiger partial charge in [0.15, 0.2) is 0 Å². The van der Waals surface area contributed by atoms with E-state index in [1.807, 2.05) is 12.3 Å². The molecule has 1 aromatic carbocycles. The molecule has 1 aliphatic carbocycles. The van der Waals surface area contributed by atoms with Crippen molar-refractivity contribution in [2.45, 2.75) is 44.3 Å². The highest BCUT2D eigenvalue weighted by atomic mass is 32.2. The highest BCUT2D eigenvalue weighted by Crippen LogP contribution is 2.26. The van der Waals surface area contributed by atoms with Gasteiger partial charge in [-0.15, -0.1) is 0 Å². The van der Waals surface area contributed by atoms with E-state index in [-0.39, 0.29) is 11.1 Å². The number of thioether (sulfide) groups is 1. The van der Waals surface area contributed by atoms with Gasteiger partial charge in [0, 0.05) is 36.4 Å². The predicted molar refractivity (Wildman–Crippen MR) is 129 cm³/mol. The van der Waals surface area contributed by atoms with Crippen LogP contribution in [0.4, 0.5) is 10.7 Å². The molecule has 3 N–H and O–H groups in total. The van der Waals surface area contributed by atoms with Crippen LogP contribution in [0.5, 0.6) is 0 Å². The van der Waals surface area contributed by atoms with Gasteiger partial charge in [0.2, 0.25) is 5.95 Å². The number of rotatable bonds is 6. The second-order valence-corrected chi connectivity index (χ2v) is 9.24. The number of anilines is 1. The quantitative estimate of drug-likeness (QED) is 0.476. The first-order valence-electron chi connectivity index (χ1n) is 11.0. The topological polar surface area (TPSA) is 109 Å². The summed E-state index contributed by atoms with van der Waals surface area (Å²) < 4.78 is 0. The Labute approximate surface area is 195 Å². The maximum absolute atomic E-state index is 11.7. The van der Waals surface area contributed by atoms with Crippen molar-refractivity contribution in [3.63, 3.8) is 0 Å². The summed E-state index contributed by atoms with van der Waals surface area (Å²) in [5.41, 5.74) is 2.88. The largest absolute Gasteiger partial charge is 0.351 e. The number of carbonyl (C=O) groups excluding carboxylic acids is 2. The Hall–Kier alpha value is -3.30. The zero-order valence-corrected chi connectivity index (χ0v) is 18.8. The fraction of sp³-hybridized carbons (Fsp3) is 0.292. The molecule has 1 aliphatic heterocycles. The monoisotopic (exact) mass is 460 g/mol. The van der Waals surface area contributed by atoms with Crippen LogP contribution in [-0.2, 0) is 11.3 Å². The van der Waals surface area contributed by atoms with Gasteiger partial charge in [0.25, 0.3) is 11.1 Å². The molecule has 2 fully saturated rings. The van der Waals surface area contributed by atoms with E-state index < -0.39 is 0 Å². The Morgan fingerprint density at radius 2 is 1.82 bits per heavy atom. The molecule has 5 rings (SSSR count). The predicted octanol–water partition coefficient (Wildman–Crippen LogP) is 3.86. The molecule has 0 radical (unpaired) electrons. The van der Waals surface area contributed by atoms with Gasteiger partial charge < -0.3 is 10.6 Å². The van der Waals surface area contributed by atoms with E-state index in [9.17, 15) is 9.59 Å². The Kier molecular flexibility index (Phi) is 6.32. The maximum Gasteiger partial charge on any atom is 0.290 e. The number of fused-ring (bicyclic) bond motifs is 1. The number of hydrogen-bond acceptors (Lipinski definition) is 8. The average molecular weight is 461 g/mol. The number of para-hydroxylation sites is 1. The molecule has 2 aromatic heterocycles. The zero-order valence-electron chi connectivity index (χ0n) is 18.0. The van der Waals surface area contributed by atoms with Crippen LogP contribution in [0.1, 0.15) is 36.9 Å². The first-order chi connectivity index (χ1) is 16.1. The Balaban J connectivity index is 1.14. The first-order valence-corrected chi connectivity index (χ1v) is 11.9. The second-order valence-electron chi connectivity index (χ2n) is 8.22. The van der Waals surface area contributed by atoms with E-state index in [4.69, 9.17) is 0 Å². The van der Waals surface area contributed by atoms with Gasteiger partial charge in [0.1, 0.15) is 0 Å². The molecule has 9 heteroatoms. The Bertz CT molecular complexity index is 1220. The van der Waals surface area contributed by atoms with E-state index >= 15 is 0 Å². The number of benzene rings is 1. The minimum Gasteiger partial charge on any atom is -0.351 e. The van der Waals surface area contributed by atoms with E-state index in [1.54, 1.807) is 18.3 Å². The number of hydrogen-bond donors (Lipinski definition) is 3. The normalized spacial score (nSPS) is 22.0. The SMILES string of the molecule is O=C1NC(=O)/C(=C\c2ccnc(NC3CCC(NCc4cccc5cccnc45)CC3)n2)S1. The van der Waals surface area contributed by atoms with Gasteiger partial charge in [-0.1, -0.05) is 24.3 Å². The third-order valence-electron chi connectivity index (χ3n) is 5.96. The van der Waals surface area contributed by atoms with Gasteiger partial charge in [0.05, 0.1) is 16.1 Å². The molecule has 0 spiro atoms. The average Bonchev–Trinajstić information content (AvgIpc) is 3.15. The van der Waals surface area contributed by atoms with Gasteiger partial charge in [-0.05, 0) is 61.2 Å². The lowest BCUT2D eigenvalue weighted by molar-refractivity contribution is -0.115. The van der Waals surface area contributed by atoms with Gasteiger partial charge in [-0.25, -0.2) is 9.97 Å². The summed E-state index contributed by atoms with van der Waals surface area (Å²) in [6, 6.07) is 12.9. The van der Waals surface area contributed by atoms with Crippen LogP contribution >= 0.6 is 11.8 Å². The molecule has 0 bridgehead atoms. The minimum absolute atomic E-state index is 0.302. The molecule has 2 amide bonds. The number of pyridine rings is 1. The van der Waals surface area contributed by atoms with Crippen LogP contribution in [0.25, 0.3) is 17.0 Å². The van der Waals surface area contributed by atoms with E-state index in [1.165, 1.54) is 10.9 Å². The smallest absolute Gasteiger partial charge is 0.290 e. The fourth-order valence-corrected chi connectivity index (χ4v) is 4.93. The van der Waals surface area contributed by atoms with Crippen molar-refractivity contribution < 1.29 is 9.59 Å². The van der Waals surface area contributed by atoms with E-state index in [0.717, 1.165) is 49.5 Å². The lowest BCUT2D eigenvalue weighted by atomic mass is 9.91. The number of amides is 2. The Morgan fingerprint density at radius 1 is 1.00 bits per heavy atom. The van der Waals surface area contributed by atoms with Crippen molar-refractivity contribution in [1.82, 2.24) is 25.6 Å². The summed E-state index contributed by atoms with van der Waals surface area (Å²) in [6.07, 6.45) is 9.29. The lowest BCUT2D eigenvalue weighted by Gasteiger charge is -2.30. The lowest BCUT2D eigenvalue weighted by Crippen LogP contribution is -2.37. The van der Waals surface area contributed by atoms with Crippen molar-refractivity contribution in [2.24, 2.45) is 0 Å². The van der Waals surface area contributed by atoms with Crippen LogP contribution in [0.15, 0.2) is 53.7 Å². The van der Waals surface area contributed by atoms with E-state index in [2.05, 4.69) is 55.2 Å². The van der Waals surface area contributed by atoms with Crippen LogP contribution < -0.4 is 16.0 Å². The third kappa shape index (κ3) is 5.20. The number of imide groups is 1. The highest BCUT2D eigenvalue weighted by Gasteiger charge is 2.25. The minimum atomic E-state index is -0.386. The molecule has 2 aliphatic rings. The molecule has 168 valence electrons. The third-order valence-corrected chi connectivity index (χ3v) is 6.77. The van der Waals surface area contributed by atoms with Crippen molar-refractivity contribution in [3.8, 4) is 0 Å². The van der Waals surface area contributed by atoms with Crippen LogP contribution in [-0.4, -0.2) is 38.2 Å². The summed E-state index contributed by atoms with van der Waals surface area (Å²) in [5, 5.41) is 10.2. The molecule has 0 unspecified atom stereocenters. The summed E-state index contributed by atoms with van der Waals surface area (Å²) in [7, 11) is 0. The molecule has 3 aromatic rings. The van der Waals surface area contributed by atoms with Gasteiger partial charge in [-0.2, -0.15) is 0 Å². The zero-order chi connectivity index (χ0) is 22.6. The molecule has 1 saturated carbocycles. The molecule has 8 nitrogen and oxygen atoms in total. The Morgan fingerprint density at radius 3 is 2.64 bits per heavy atom. The highest BCUT2D eigenvalue weighted by molar-refractivity contribution is 8.18. The van der Waals surface area contributed by atoms with Crippen LogP contribution in [0.2, 0.25) is 0 Å². The fourth-order valence-electron chi connectivity index (χ4n) is 4.27. The number of nitrogens with zero attached hydrogens (tertiary/aromatic N) is 3. The molecule has 3 heterocycles. The summed E-state index contributed by atoms with van der Waals surface area (Å²) in [4.78, 5) is 36.8. The van der Waals surface area contributed by atoms with Gasteiger partial charge >= 0.3 is 0 Å². The van der Waals surface area contributed by atoms with Crippen LogP contribution in [0, 0.1) is 0 Å². The summed E-state index contributed by atoms with van der Waals surface area (Å²) >= 11 is 0.884. The molecule has 1 saturated heterocycles. The number of nitrogens with one attached hydrogen (secondary N) is 3. The summed E-state index contributed by atoms with van der Waals surface area (Å²) in [5.74, 6) is 0.153. The van der Waals surface area contributed by atoms with Crippen molar-refractivity contribution in [1.29, 1.82) is 0 Å². The van der Waals surface area contributed by atoms with Crippen molar-refractivity contribution in [2.75, 3.05) is 5.32 Å². The number of carbonyl (C=O) groups is 2. The molecule has 0 atom stereocenters. The van der Waals surface area contributed by atoms with Crippen molar-refractivity contribution in [3.05, 3.63) is 65.0 Å². The molecular formula is C24H24N6O2S. The standard InChI is InChI=1S/C24H24N6O2S/c31-22-20(33-24(32)30-22)13-19-10-12-26-23(29-19)28-18-8-6-17(7-9-18)27-14-16-4-1-3-15-5-2-11-25-21(15)16/h1-5,10-13,17-18,27H,6-9,14H2,(H,26,28,29)(H,30,31,32)/b20-13+. The van der Waals surface area contributed by atoms with E-state index in [0.29, 0.717) is 28.6 Å². The molecule has 33 heavy (non-hydrogen) atoms. The van der Waals surface area contributed by atoms with Crippen molar-refractivity contribution >= 4 is 45.8 Å². The van der Waals surface area contributed by atoms with Crippen LogP contribution in [0.3, 0.4) is 0 Å². The summed E-state index contributed by atoms with van der Waals surface area (Å²) in [6.45, 7) is 0.811. The second kappa shape index (κ2) is 9.68. The van der Waals surface area contributed by atoms with Gasteiger partial charge in [-0.3, -0.25) is 19.9 Å².